The first-order chi connectivity index (χ1) is 10.2. The van der Waals surface area contributed by atoms with E-state index in [1.54, 1.807) is 0 Å². The molecule has 0 unspecified atom stereocenters. The first-order valence-electron chi connectivity index (χ1n) is 7.06. The maximum absolute atomic E-state index is 12.3. The van der Waals surface area contributed by atoms with E-state index in [2.05, 4.69) is 39.4 Å². The number of hydrogen-bond donors (Lipinski definition) is 1. The monoisotopic (exact) mass is 344 g/mol. The van der Waals surface area contributed by atoms with Crippen LogP contribution < -0.4 is 5.32 Å². The van der Waals surface area contributed by atoms with Gasteiger partial charge in [0.1, 0.15) is 0 Å². The Morgan fingerprint density at radius 2 is 1.95 bits per heavy atom. The van der Waals surface area contributed by atoms with Crippen molar-refractivity contribution in [3.05, 3.63) is 64.1 Å². The number of anilines is 1. The van der Waals surface area contributed by atoms with E-state index in [1.807, 2.05) is 35.2 Å². The van der Waals surface area contributed by atoms with Crippen molar-refractivity contribution in [1.82, 2.24) is 4.90 Å². The normalized spacial score (nSPS) is 13.7. The van der Waals surface area contributed by atoms with Crippen LogP contribution in [-0.2, 0) is 17.8 Å². The van der Waals surface area contributed by atoms with Crippen LogP contribution in [0.25, 0.3) is 0 Å². The van der Waals surface area contributed by atoms with Crippen LogP contribution in [0.4, 0.5) is 5.69 Å². The van der Waals surface area contributed by atoms with Gasteiger partial charge in [-0.3, -0.25) is 4.79 Å². The second-order valence-electron chi connectivity index (χ2n) is 5.20. The van der Waals surface area contributed by atoms with Gasteiger partial charge < -0.3 is 10.2 Å². The molecular weight excluding hydrogens is 328 g/mol. The molecule has 2 aromatic rings. The van der Waals surface area contributed by atoms with Gasteiger partial charge in [0.15, 0.2) is 0 Å². The fraction of sp³-hybridized carbons (Fsp3) is 0.235. The zero-order valence-corrected chi connectivity index (χ0v) is 13.3. The lowest BCUT2D eigenvalue weighted by Gasteiger charge is -2.29. The number of amides is 1. The Hall–Kier alpha value is -1.81. The Kier molecular flexibility index (Phi) is 4.25. The molecule has 0 atom stereocenters. The first-order valence-corrected chi connectivity index (χ1v) is 7.86. The number of benzene rings is 2. The molecule has 1 aliphatic heterocycles. The summed E-state index contributed by atoms with van der Waals surface area (Å²) in [5.41, 5.74) is 3.58. The van der Waals surface area contributed by atoms with Crippen LogP contribution in [0.2, 0.25) is 0 Å². The molecule has 1 N–H and O–H groups in total. The Morgan fingerprint density at radius 3 is 2.76 bits per heavy atom. The highest BCUT2D eigenvalue weighted by atomic mass is 79.9. The highest BCUT2D eigenvalue weighted by Crippen LogP contribution is 2.19. The number of halogens is 1. The second kappa shape index (κ2) is 6.31. The molecule has 108 valence electrons. The van der Waals surface area contributed by atoms with Crippen molar-refractivity contribution in [3.8, 4) is 0 Å². The highest BCUT2D eigenvalue weighted by Gasteiger charge is 2.19. The highest BCUT2D eigenvalue weighted by molar-refractivity contribution is 9.10. The lowest BCUT2D eigenvalue weighted by atomic mass is 10.00. The average molecular weight is 345 g/mol. The summed E-state index contributed by atoms with van der Waals surface area (Å²) in [6.45, 7) is 1.85. The topological polar surface area (TPSA) is 32.3 Å². The summed E-state index contributed by atoms with van der Waals surface area (Å²) >= 11 is 3.43. The van der Waals surface area contributed by atoms with Gasteiger partial charge in [0, 0.05) is 23.2 Å². The molecule has 4 heteroatoms. The van der Waals surface area contributed by atoms with Gasteiger partial charge in [-0.2, -0.15) is 0 Å². The lowest BCUT2D eigenvalue weighted by Crippen LogP contribution is -2.39. The molecule has 0 saturated carbocycles. The number of nitrogens with one attached hydrogen (secondary N) is 1. The summed E-state index contributed by atoms with van der Waals surface area (Å²) in [6, 6.07) is 16.2. The minimum atomic E-state index is 0.143. The summed E-state index contributed by atoms with van der Waals surface area (Å²) in [5.74, 6) is 0.143. The Balaban J connectivity index is 1.59. The number of hydrogen-bond acceptors (Lipinski definition) is 2. The molecule has 1 amide bonds. The Bertz CT molecular complexity index is 657. The van der Waals surface area contributed by atoms with Gasteiger partial charge in [0.2, 0.25) is 5.91 Å². The predicted octanol–water partition coefficient (Wildman–Crippen LogP) is 3.45. The number of carbonyl (C=O) groups excluding carboxylic acids is 1. The van der Waals surface area contributed by atoms with Crippen molar-refractivity contribution in [3.63, 3.8) is 0 Å². The van der Waals surface area contributed by atoms with Crippen LogP contribution >= 0.6 is 15.9 Å². The van der Waals surface area contributed by atoms with E-state index in [1.165, 1.54) is 11.1 Å². The van der Waals surface area contributed by atoms with Crippen molar-refractivity contribution in [2.45, 2.75) is 13.0 Å². The molecular formula is C17H17BrN2O. The van der Waals surface area contributed by atoms with Gasteiger partial charge >= 0.3 is 0 Å². The van der Waals surface area contributed by atoms with E-state index >= 15 is 0 Å². The van der Waals surface area contributed by atoms with Gasteiger partial charge in [-0.05, 0) is 35.7 Å². The molecule has 0 fully saturated rings. The zero-order chi connectivity index (χ0) is 14.7. The maximum Gasteiger partial charge on any atom is 0.242 e. The molecule has 3 rings (SSSR count). The fourth-order valence-corrected chi connectivity index (χ4v) is 3.00. The van der Waals surface area contributed by atoms with E-state index < -0.39 is 0 Å². The largest absolute Gasteiger partial charge is 0.376 e. The first kappa shape index (κ1) is 14.1. The molecule has 3 nitrogen and oxygen atoms in total. The van der Waals surface area contributed by atoms with Crippen LogP contribution in [0.3, 0.4) is 0 Å². The third-order valence-corrected chi connectivity index (χ3v) is 4.24. The summed E-state index contributed by atoms with van der Waals surface area (Å²) in [7, 11) is 0. The predicted molar refractivity (Wildman–Crippen MR) is 88.2 cm³/mol. The van der Waals surface area contributed by atoms with E-state index in [4.69, 9.17) is 0 Å². The quantitative estimate of drug-likeness (QED) is 0.924. The SMILES string of the molecule is O=C(CNc1cccc(Br)c1)N1CCc2ccccc2C1. The second-order valence-corrected chi connectivity index (χ2v) is 6.11. The van der Waals surface area contributed by atoms with Crippen LogP contribution in [0.5, 0.6) is 0 Å². The Labute approximate surface area is 133 Å². The standard InChI is InChI=1S/C17H17BrN2O/c18-15-6-3-7-16(10-15)19-11-17(21)20-9-8-13-4-1-2-5-14(13)12-20/h1-7,10,19H,8-9,11-12H2. The zero-order valence-electron chi connectivity index (χ0n) is 11.7. The van der Waals surface area contributed by atoms with Gasteiger partial charge in [0.05, 0.1) is 6.54 Å². The van der Waals surface area contributed by atoms with Crippen LogP contribution in [0.15, 0.2) is 53.0 Å². The Morgan fingerprint density at radius 1 is 1.14 bits per heavy atom. The molecule has 0 aromatic heterocycles. The van der Waals surface area contributed by atoms with Gasteiger partial charge in [-0.1, -0.05) is 46.3 Å². The van der Waals surface area contributed by atoms with Crippen molar-refractivity contribution in [1.29, 1.82) is 0 Å². The molecule has 0 aliphatic carbocycles. The van der Waals surface area contributed by atoms with Gasteiger partial charge in [-0.15, -0.1) is 0 Å². The summed E-state index contributed by atoms with van der Waals surface area (Å²) in [4.78, 5) is 14.2. The third kappa shape index (κ3) is 3.45. The molecule has 2 aromatic carbocycles. The third-order valence-electron chi connectivity index (χ3n) is 3.75. The number of nitrogens with zero attached hydrogens (tertiary/aromatic N) is 1. The lowest BCUT2D eigenvalue weighted by molar-refractivity contribution is -0.130. The molecule has 0 spiro atoms. The maximum atomic E-state index is 12.3. The number of rotatable bonds is 3. The average Bonchev–Trinajstić information content (AvgIpc) is 2.52. The summed E-state index contributed by atoms with van der Waals surface area (Å²) < 4.78 is 1.01. The van der Waals surface area contributed by atoms with Crippen molar-refractivity contribution in [2.75, 3.05) is 18.4 Å². The summed E-state index contributed by atoms with van der Waals surface area (Å²) in [5, 5.41) is 3.19. The smallest absolute Gasteiger partial charge is 0.242 e. The molecule has 1 heterocycles. The van der Waals surface area contributed by atoms with Gasteiger partial charge in [0.25, 0.3) is 0 Å². The van der Waals surface area contributed by atoms with Crippen molar-refractivity contribution < 1.29 is 4.79 Å². The van der Waals surface area contributed by atoms with Crippen LogP contribution in [-0.4, -0.2) is 23.9 Å². The number of fused-ring (bicyclic) bond motifs is 1. The van der Waals surface area contributed by atoms with Crippen LogP contribution in [0, 0.1) is 0 Å². The van der Waals surface area contributed by atoms with Crippen LogP contribution in [0.1, 0.15) is 11.1 Å². The van der Waals surface area contributed by atoms with E-state index in [-0.39, 0.29) is 5.91 Å². The molecule has 0 radical (unpaired) electrons. The minimum Gasteiger partial charge on any atom is -0.376 e. The van der Waals surface area contributed by atoms with Gasteiger partial charge in [-0.25, -0.2) is 0 Å². The van der Waals surface area contributed by atoms with Crippen molar-refractivity contribution >= 4 is 27.5 Å². The molecule has 1 aliphatic rings. The minimum absolute atomic E-state index is 0.143. The number of carbonyl (C=O) groups is 1. The van der Waals surface area contributed by atoms with Crippen molar-refractivity contribution in [2.24, 2.45) is 0 Å². The summed E-state index contributed by atoms with van der Waals surface area (Å²) in [6.07, 6.45) is 0.943. The van der Waals surface area contributed by atoms with E-state index in [9.17, 15) is 4.79 Å². The van der Waals surface area contributed by atoms with E-state index in [0.717, 1.165) is 29.7 Å². The molecule has 21 heavy (non-hydrogen) atoms. The molecule has 0 bridgehead atoms. The van der Waals surface area contributed by atoms with E-state index in [0.29, 0.717) is 6.54 Å². The molecule has 0 saturated heterocycles. The fourth-order valence-electron chi connectivity index (χ4n) is 2.60.